The predicted octanol–water partition coefficient (Wildman–Crippen LogP) is 7.07. The number of alkyl halides is 7. The van der Waals surface area contributed by atoms with Gasteiger partial charge in [0.2, 0.25) is 0 Å². The second-order valence-corrected chi connectivity index (χ2v) is 14.7. The van der Waals surface area contributed by atoms with Crippen molar-refractivity contribution in [1.82, 2.24) is 4.90 Å². The van der Waals surface area contributed by atoms with Crippen LogP contribution in [0.3, 0.4) is 0 Å². The second kappa shape index (κ2) is 12.3. The van der Waals surface area contributed by atoms with Gasteiger partial charge in [0.1, 0.15) is 13.3 Å². The van der Waals surface area contributed by atoms with Gasteiger partial charge in [0.05, 0.1) is 40.0 Å². The fourth-order valence-electron chi connectivity index (χ4n) is 4.65. The number of ether oxygens (including phenoxy) is 1. The Morgan fingerprint density at radius 2 is 1.86 bits per heavy atom. The van der Waals surface area contributed by atoms with Crippen LogP contribution in [0.4, 0.5) is 42.1 Å². The van der Waals surface area contributed by atoms with Crippen molar-refractivity contribution < 1.29 is 40.0 Å². The number of hydrogen-bond acceptors (Lipinski definition) is 6. The molecule has 0 radical (unpaired) electrons. The van der Waals surface area contributed by atoms with Gasteiger partial charge in [-0.3, -0.25) is 0 Å². The minimum atomic E-state index is -5.00. The highest BCUT2D eigenvalue weighted by atomic mass is 32.1. The first-order chi connectivity index (χ1) is 19.5. The number of fused-ring (bicyclic) bond motifs is 1. The summed E-state index contributed by atoms with van der Waals surface area (Å²) in [6.07, 6.45) is -11.4. The quantitative estimate of drug-likeness (QED) is 0.165. The Bertz CT molecular complexity index is 1540. The lowest BCUT2D eigenvalue weighted by Gasteiger charge is -2.33. The smallest absolute Gasteiger partial charge is 0.404 e. The van der Waals surface area contributed by atoms with Gasteiger partial charge in [-0.05, 0) is 62.0 Å². The first-order valence-electron chi connectivity index (χ1n) is 12.9. The van der Waals surface area contributed by atoms with Crippen LogP contribution in [0.1, 0.15) is 16.9 Å². The van der Waals surface area contributed by atoms with Crippen molar-refractivity contribution in [3.05, 3.63) is 46.8 Å². The number of hydrogen-bond donors (Lipinski definition) is 2. The van der Waals surface area contributed by atoms with Crippen LogP contribution in [0, 0.1) is 11.8 Å². The number of nitrogens with one attached hydrogen (secondary N) is 2. The third kappa shape index (κ3) is 8.33. The lowest BCUT2D eigenvalue weighted by molar-refractivity contribution is -0.274. The predicted molar refractivity (Wildman–Crippen MR) is 154 cm³/mol. The summed E-state index contributed by atoms with van der Waals surface area (Å²) in [6, 6.07) is 8.10. The van der Waals surface area contributed by atoms with Crippen molar-refractivity contribution in [2.45, 2.75) is 37.6 Å². The Morgan fingerprint density at radius 1 is 1.12 bits per heavy atom. The molecular weight excluding hydrogens is 606 g/mol. The molecule has 5 nitrogen and oxygen atoms in total. The monoisotopic (exact) mass is 635 g/mol. The van der Waals surface area contributed by atoms with E-state index in [9.17, 15) is 35.3 Å². The Kier molecular flexibility index (Phi) is 9.40. The maximum absolute atomic E-state index is 14.7. The molecule has 0 spiro atoms. The number of piperidine rings is 1. The molecule has 0 aliphatic carbocycles. The van der Waals surface area contributed by atoms with Gasteiger partial charge in [0, 0.05) is 18.4 Å². The van der Waals surface area contributed by atoms with Crippen LogP contribution in [0.15, 0.2) is 36.4 Å². The minimum absolute atomic E-state index is 0.0223. The lowest BCUT2D eigenvalue weighted by atomic mass is 10.0. The highest BCUT2D eigenvalue weighted by Gasteiger charge is 2.34. The number of nitrogens with zero attached hydrogens (tertiary/aromatic N) is 1. The summed E-state index contributed by atoms with van der Waals surface area (Å²) in [5.74, 6) is 4.83. The van der Waals surface area contributed by atoms with Gasteiger partial charge in [-0.2, -0.15) is 13.2 Å². The highest BCUT2D eigenvalue weighted by molar-refractivity contribution is 7.70. The van der Waals surface area contributed by atoms with Gasteiger partial charge in [-0.15, -0.1) is 24.5 Å². The molecule has 3 aromatic rings. The van der Waals surface area contributed by atoms with Crippen LogP contribution in [-0.2, 0) is 11.0 Å². The lowest BCUT2D eigenvalue weighted by Crippen LogP contribution is -2.46. The maximum Gasteiger partial charge on any atom is 0.573 e. The van der Waals surface area contributed by atoms with Gasteiger partial charge in [0.25, 0.3) is 0 Å². The molecule has 2 aromatic carbocycles. The second-order valence-electron chi connectivity index (χ2n) is 10.4. The fourth-order valence-corrected chi connectivity index (χ4v) is 6.68. The van der Waals surface area contributed by atoms with Crippen LogP contribution in [-0.4, -0.2) is 69.7 Å². The molecule has 14 heteroatoms. The van der Waals surface area contributed by atoms with E-state index in [1.54, 1.807) is 18.2 Å². The van der Waals surface area contributed by atoms with Crippen molar-refractivity contribution in [1.29, 1.82) is 0 Å². The zero-order valence-corrected chi connectivity index (χ0v) is 24.6. The average molecular weight is 636 g/mol. The number of anilines is 2. The Morgan fingerprint density at radius 3 is 2.50 bits per heavy atom. The van der Waals surface area contributed by atoms with E-state index in [-0.39, 0.29) is 34.5 Å². The van der Waals surface area contributed by atoms with Crippen molar-refractivity contribution in [3.8, 4) is 17.6 Å². The molecule has 1 aliphatic rings. The van der Waals surface area contributed by atoms with Crippen molar-refractivity contribution in [3.63, 3.8) is 0 Å². The number of likely N-dealkylation sites (tertiary alicyclic amines) is 1. The molecule has 2 atom stereocenters. The molecule has 4 rings (SSSR count). The molecule has 0 bridgehead atoms. The molecule has 1 aliphatic heterocycles. The summed E-state index contributed by atoms with van der Waals surface area (Å²) in [4.78, 5) is 2.02. The summed E-state index contributed by atoms with van der Waals surface area (Å²) in [5.41, 5.74) is 0.421. The molecule has 42 heavy (non-hydrogen) atoms. The van der Waals surface area contributed by atoms with E-state index in [1.165, 1.54) is 25.5 Å². The third-order valence-corrected chi connectivity index (χ3v) is 9.38. The summed E-state index contributed by atoms with van der Waals surface area (Å²) in [7, 11) is -1.06. The molecule has 0 saturated carbocycles. The molecule has 2 heterocycles. The van der Waals surface area contributed by atoms with Crippen molar-refractivity contribution >= 4 is 45.2 Å². The zero-order valence-electron chi connectivity index (χ0n) is 22.9. The van der Waals surface area contributed by atoms with E-state index in [4.69, 9.17) is 0 Å². The van der Waals surface area contributed by atoms with Crippen LogP contribution in [0.25, 0.3) is 10.1 Å². The van der Waals surface area contributed by atoms with Gasteiger partial charge in [-0.1, -0.05) is 24.0 Å². The van der Waals surface area contributed by atoms with Gasteiger partial charge < -0.3 is 24.8 Å². The molecule has 0 amide bonds. The molecule has 228 valence electrons. The molecule has 1 fully saturated rings. The Hall–Kier alpha value is -2.94. The molecule has 1 saturated heterocycles. The van der Waals surface area contributed by atoms with Crippen molar-refractivity contribution in [2.24, 2.45) is 0 Å². The summed E-state index contributed by atoms with van der Waals surface area (Å²) in [5, 5.41) is 6.40. The Balaban J connectivity index is 1.62. The number of halogens is 7. The van der Waals surface area contributed by atoms with Crippen LogP contribution in [0.2, 0.25) is 0 Å². The van der Waals surface area contributed by atoms with Crippen LogP contribution in [0.5, 0.6) is 5.75 Å². The van der Waals surface area contributed by atoms with E-state index in [0.717, 1.165) is 17.4 Å². The van der Waals surface area contributed by atoms with Crippen LogP contribution < -0.4 is 20.7 Å². The number of rotatable bonds is 7. The summed E-state index contributed by atoms with van der Waals surface area (Å²) >= 11 is 1.04. The van der Waals surface area contributed by atoms with Crippen molar-refractivity contribution in [2.75, 3.05) is 50.6 Å². The zero-order chi connectivity index (χ0) is 30.9. The molecular formula is C28H29F7N3O2PS. The maximum atomic E-state index is 14.7. The molecule has 1 aromatic heterocycles. The number of benzene rings is 2. The van der Waals surface area contributed by atoms with Crippen LogP contribution >= 0.6 is 18.5 Å². The molecule has 2 N–H and O–H groups in total. The van der Waals surface area contributed by atoms with Gasteiger partial charge in [0.15, 0.2) is 5.75 Å². The first-order valence-corrected chi connectivity index (χ1v) is 16.3. The van der Waals surface area contributed by atoms with Gasteiger partial charge in [-0.25, -0.2) is 4.39 Å². The first kappa shape index (κ1) is 32.0. The van der Waals surface area contributed by atoms with E-state index >= 15 is 0 Å². The van der Waals surface area contributed by atoms with E-state index in [1.807, 2.05) is 11.9 Å². The van der Waals surface area contributed by atoms with Gasteiger partial charge >= 0.3 is 12.5 Å². The summed E-state index contributed by atoms with van der Waals surface area (Å²) in [6.45, 7) is 3.53. The summed E-state index contributed by atoms with van der Waals surface area (Å²) < 4.78 is 111. The minimum Gasteiger partial charge on any atom is -0.404 e. The average Bonchev–Trinajstić information content (AvgIpc) is 3.19. The normalized spacial score (nSPS) is 18.4. The van der Waals surface area contributed by atoms with E-state index in [0.29, 0.717) is 28.7 Å². The topological polar surface area (TPSA) is 53.6 Å². The highest BCUT2D eigenvalue weighted by Crippen LogP contribution is 2.40. The number of thiophene rings is 1. The third-order valence-electron chi connectivity index (χ3n) is 6.66. The van der Waals surface area contributed by atoms with E-state index < -0.39 is 44.1 Å². The SMILES string of the molecule is CN1CCC(Nc2cccc3c(CC(F)(F)F)c(C#CCNc4ccc(P(C)(C)=O)cc4OC(F)(F)F)sc23)[C@@H](F)C1. The Labute approximate surface area is 242 Å². The standard InChI is InChI=1S/C28H29F7N3O2PS/c1-38-13-11-21(20(29)16-38)37-23-7-4-6-18-19(15-27(30,31)32)25(42-26(18)23)8-5-12-36-22-10-9-17(41(2,3)39)14-24(22)40-28(33,34)35/h4,6-7,9-10,14,20-21,36-37H,11-13,15-16H2,1-3H3/t20-,21?/m0/s1. The largest absolute Gasteiger partial charge is 0.573 e. The fraction of sp³-hybridized carbons (Fsp3) is 0.429. The molecule has 1 unspecified atom stereocenters. The van der Waals surface area contributed by atoms with E-state index in [2.05, 4.69) is 27.2 Å².